The molecule has 0 atom stereocenters. The Morgan fingerprint density at radius 2 is 1.93 bits per heavy atom. The molecule has 0 saturated carbocycles. The second kappa shape index (κ2) is 9.59. The van der Waals surface area contributed by atoms with Crippen molar-refractivity contribution in [3.63, 3.8) is 0 Å². The number of carbonyl (C=O) groups is 3. The zero-order valence-corrected chi connectivity index (χ0v) is 18.3. The van der Waals surface area contributed by atoms with Crippen molar-refractivity contribution in [2.75, 3.05) is 11.9 Å². The highest BCUT2D eigenvalue weighted by Gasteiger charge is 2.16. The van der Waals surface area contributed by atoms with Gasteiger partial charge < -0.3 is 10.1 Å². The van der Waals surface area contributed by atoms with Crippen molar-refractivity contribution in [1.82, 2.24) is 15.3 Å². The molecule has 0 saturated heterocycles. The van der Waals surface area contributed by atoms with Crippen LogP contribution in [0.1, 0.15) is 45.3 Å². The summed E-state index contributed by atoms with van der Waals surface area (Å²) in [6.07, 6.45) is 0. The monoisotopic (exact) mass is 444 g/mol. The summed E-state index contributed by atoms with van der Waals surface area (Å²) in [4.78, 5) is 46.0. The molecule has 0 fully saturated rings. The molecule has 0 aromatic carbocycles. The molecule has 3 rings (SSSR count). The molecule has 0 radical (unpaired) electrons. The van der Waals surface area contributed by atoms with Crippen LogP contribution in [-0.2, 0) is 16.1 Å². The Labute approximate surface area is 181 Å². The number of rotatable bonds is 7. The molecule has 0 unspecified atom stereocenters. The van der Waals surface area contributed by atoms with Crippen LogP contribution in [-0.4, -0.2) is 34.4 Å². The van der Waals surface area contributed by atoms with Crippen LogP contribution in [0.5, 0.6) is 0 Å². The van der Waals surface area contributed by atoms with Gasteiger partial charge in [0.1, 0.15) is 5.69 Å². The number of amides is 2. The Morgan fingerprint density at radius 3 is 2.63 bits per heavy atom. The average Bonchev–Trinajstić information content (AvgIpc) is 3.35. The first-order valence-corrected chi connectivity index (χ1v) is 10.8. The Kier molecular flexibility index (Phi) is 6.91. The second-order valence-electron chi connectivity index (χ2n) is 6.22. The highest BCUT2D eigenvalue weighted by molar-refractivity contribution is 7.17. The number of pyridine rings is 1. The molecule has 0 spiro atoms. The molecule has 30 heavy (non-hydrogen) atoms. The number of nitrogens with one attached hydrogen (secondary N) is 2. The van der Waals surface area contributed by atoms with Crippen molar-refractivity contribution in [1.29, 1.82) is 0 Å². The van der Waals surface area contributed by atoms with Crippen LogP contribution >= 0.6 is 22.7 Å². The Balaban J connectivity index is 1.67. The van der Waals surface area contributed by atoms with Crippen LogP contribution < -0.4 is 10.6 Å². The van der Waals surface area contributed by atoms with Crippen LogP contribution in [0.2, 0.25) is 0 Å². The highest BCUT2D eigenvalue weighted by Crippen LogP contribution is 2.31. The van der Waals surface area contributed by atoms with Gasteiger partial charge in [0.05, 0.1) is 35.0 Å². The van der Waals surface area contributed by atoms with Crippen LogP contribution in [0.4, 0.5) is 5.13 Å². The van der Waals surface area contributed by atoms with Crippen LogP contribution in [0.15, 0.2) is 29.6 Å². The number of anilines is 1. The predicted molar refractivity (Wildman–Crippen MR) is 116 cm³/mol. The summed E-state index contributed by atoms with van der Waals surface area (Å²) in [6, 6.07) is 6.88. The lowest BCUT2D eigenvalue weighted by molar-refractivity contribution is -0.119. The van der Waals surface area contributed by atoms with E-state index in [-0.39, 0.29) is 18.2 Å². The summed E-state index contributed by atoms with van der Waals surface area (Å²) >= 11 is 2.83. The van der Waals surface area contributed by atoms with Crippen LogP contribution in [0, 0.1) is 6.92 Å². The minimum absolute atomic E-state index is 0.0808. The van der Waals surface area contributed by atoms with Crippen molar-refractivity contribution < 1.29 is 19.1 Å². The first kappa shape index (κ1) is 21.6. The fraction of sp³-hybridized carbons (Fsp3) is 0.250. The van der Waals surface area contributed by atoms with Crippen molar-refractivity contribution in [3.05, 3.63) is 51.5 Å². The smallest absolute Gasteiger partial charge is 0.339 e. The highest BCUT2D eigenvalue weighted by atomic mass is 32.1. The van der Waals surface area contributed by atoms with E-state index in [1.54, 1.807) is 13.8 Å². The molecule has 2 amide bonds. The molecule has 0 aliphatic rings. The number of thiophene rings is 1. The van der Waals surface area contributed by atoms with Gasteiger partial charge in [-0.05, 0) is 38.1 Å². The molecule has 156 valence electrons. The van der Waals surface area contributed by atoms with E-state index in [0.29, 0.717) is 22.9 Å². The number of aryl methyl sites for hydroxylation is 1. The van der Waals surface area contributed by atoms with E-state index < -0.39 is 11.9 Å². The number of hydrogen-bond donors (Lipinski definition) is 2. The quantitative estimate of drug-likeness (QED) is 0.539. The summed E-state index contributed by atoms with van der Waals surface area (Å²) < 4.78 is 4.97. The van der Waals surface area contributed by atoms with Gasteiger partial charge in [0, 0.05) is 17.2 Å². The minimum Gasteiger partial charge on any atom is -0.462 e. The number of hydrogen-bond acceptors (Lipinski definition) is 8. The summed E-state index contributed by atoms with van der Waals surface area (Å²) in [5.41, 5.74) is 1.69. The van der Waals surface area contributed by atoms with E-state index in [0.717, 1.165) is 15.4 Å². The van der Waals surface area contributed by atoms with Crippen molar-refractivity contribution in [2.45, 2.75) is 27.3 Å². The lowest BCUT2D eigenvalue weighted by atomic mass is 10.2. The third-order valence-corrected chi connectivity index (χ3v) is 5.83. The molecule has 8 nitrogen and oxygen atoms in total. The molecule has 10 heteroatoms. The van der Waals surface area contributed by atoms with E-state index in [9.17, 15) is 14.4 Å². The fourth-order valence-corrected chi connectivity index (χ4v) is 4.23. The third kappa shape index (κ3) is 5.28. The first-order chi connectivity index (χ1) is 14.4. The molecule has 3 aromatic heterocycles. The number of thiazole rings is 1. The molecule has 2 N–H and O–H groups in total. The number of aromatic nitrogens is 2. The molecule has 0 aliphatic heterocycles. The van der Waals surface area contributed by atoms with E-state index in [1.807, 2.05) is 17.5 Å². The second-order valence-corrected chi connectivity index (χ2v) is 8.24. The van der Waals surface area contributed by atoms with Gasteiger partial charge in [-0.1, -0.05) is 0 Å². The topological polar surface area (TPSA) is 110 Å². The van der Waals surface area contributed by atoms with Gasteiger partial charge in [0.2, 0.25) is 5.91 Å². The van der Waals surface area contributed by atoms with Gasteiger partial charge in [-0.25, -0.2) is 14.8 Å². The third-order valence-electron chi connectivity index (χ3n) is 3.96. The van der Waals surface area contributed by atoms with Gasteiger partial charge in [-0.2, -0.15) is 0 Å². The van der Waals surface area contributed by atoms with Crippen molar-refractivity contribution in [3.8, 4) is 10.6 Å². The van der Waals surface area contributed by atoms with Gasteiger partial charge in [0.15, 0.2) is 5.13 Å². The summed E-state index contributed by atoms with van der Waals surface area (Å²) in [5, 5.41) is 7.79. The Hall–Kier alpha value is -3.11. The molecule has 0 bridgehead atoms. The van der Waals surface area contributed by atoms with Crippen molar-refractivity contribution in [2.24, 2.45) is 0 Å². The van der Waals surface area contributed by atoms with Gasteiger partial charge >= 0.3 is 5.97 Å². The standard InChI is InChI=1S/C20H20N4O4S2/c1-4-28-19(27)14-6-7-15(22-11(14)2)18(26)24-20-23-16(10-29-20)17-8-5-13(30-17)9-21-12(3)25/h5-8,10H,4,9H2,1-3H3,(H,21,25)(H,23,24,26). The minimum atomic E-state index is -0.465. The SMILES string of the molecule is CCOC(=O)c1ccc(C(=O)Nc2nc(-c3ccc(CNC(C)=O)s3)cs2)nc1C. The zero-order valence-electron chi connectivity index (χ0n) is 16.6. The summed E-state index contributed by atoms with van der Waals surface area (Å²) in [7, 11) is 0. The number of esters is 1. The summed E-state index contributed by atoms with van der Waals surface area (Å²) in [6.45, 7) is 5.60. The van der Waals surface area contributed by atoms with Gasteiger partial charge in [-0.3, -0.25) is 14.9 Å². The average molecular weight is 445 g/mol. The first-order valence-electron chi connectivity index (χ1n) is 9.12. The summed E-state index contributed by atoms with van der Waals surface area (Å²) in [5.74, 6) is -0.956. The Bertz CT molecular complexity index is 1090. The molecular weight excluding hydrogens is 424 g/mol. The maximum Gasteiger partial charge on any atom is 0.339 e. The van der Waals surface area contributed by atoms with Gasteiger partial charge in [0.25, 0.3) is 5.91 Å². The van der Waals surface area contributed by atoms with Crippen LogP contribution in [0.3, 0.4) is 0 Å². The lowest BCUT2D eigenvalue weighted by Gasteiger charge is -2.07. The maximum absolute atomic E-state index is 12.5. The largest absolute Gasteiger partial charge is 0.462 e. The molecule has 3 heterocycles. The van der Waals surface area contributed by atoms with E-state index in [4.69, 9.17) is 4.74 Å². The molecule has 3 aromatic rings. The zero-order chi connectivity index (χ0) is 21.7. The van der Waals surface area contributed by atoms with Gasteiger partial charge in [-0.15, -0.1) is 22.7 Å². The van der Waals surface area contributed by atoms with Crippen molar-refractivity contribution >= 4 is 45.6 Å². The number of carbonyl (C=O) groups excluding carboxylic acids is 3. The normalized spacial score (nSPS) is 10.5. The Morgan fingerprint density at radius 1 is 1.13 bits per heavy atom. The fourth-order valence-electron chi connectivity index (χ4n) is 2.54. The lowest BCUT2D eigenvalue weighted by Crippen LogP contribution is -2.17. The van der Waals surface area contributed by atoms with E-state index >= 15 is 0 Å². The number of nitrogens with zero attached hydrogens (tertiary/aromatic N) is 2. The number of ether oxygens (including phenoxy) is 1. The maximum atomic E-state index is 12.5. The van der Waals surface area contributed by atoms with E-state index in [1.165, 1.54) is 41.7 Å². The molecular formula is C20H20N4O4S2. The van der Waals surface area contributed by atoms with Crippen LogP contribution in [0.25, 0.3) is 10.6 Å². The van der Waals surface area contributed by atoms with E-state index in [2.05, 4.69) is 20.6 Å². The predicted octanol–water partition coefficient (Wildman–Crippen LogP) is 3.64. The molecule has 0 aliphatic carbocycles.